The number of likely N-dealkylation sites (N-methyl/N-ethyl adjacent to an activating group) is 1. The maximum Gasteiger partial charge on any atom is 0.323 e. The summed E-state index contributed by atoms with van der Waals surface area (Å²) in [6.07, 6.45) is 0. The number of carbonyl (C=O) groups is 1. The van der Waals surface area contributed by atoms with Crippen molar-refractivity contribution >= 4 is 5.97 Å². The molecule has 1 fully saturated rings. The Kier molecular flexibility index (Phi) is 5.01. The Morgan fingerprint density at radius 1 is 1.40 bits per heavy atom. The zero-order chi connectivity index (χ0) is 11.3. The van der Waals surface area contributed by atoms with Crippen molar-refractivity contribution in [2.45, 2.75) is 13.0 Å². The first-order valence-electron chi connectivity index (χ1n) is 5.38. The number of hydrogen-bond donors (Lipinski definition) is 1. The zero-order valence-corrected chi connectivity index (χ0v) is 9.48. The van der Waals surface area contributed by atoms with Gasteiger partial charge in [-0.25, -0.2) is 0 Å². The van der Waals surface area contributed by atoms with E-state index in [1.165, 1.54) is 0 Å². The smallest absolute Gasteiger partial charge is 0.323 e. The molecule has 1 aliphatic heterocycles. The maximum absolute atomic E-state index is 11.1. The van der Waals surface area contributed by atoms with E-state index in [1.807, 2.05) is 11.8 Å². The lowest BCUT2D eigenvalue weighted by atomic mass is 10.2. The molecule has 0 spiro atoms. The molecule has 1 aliphatic rings. The third-order valence-corrected chi connectivity index (χ3v) is 2.74. The molecule has 1 atom stereocenters. The second kappa shape index (κ2) is 6.05. The second-order valence-electron chi connectivity index (χ2n) is 3.85. The van der Waals surface area contributed by atoms with Crippen LogP contribution in [-0.2, 0) is 9.53 Å². The highest BCUT2D eigenvalue weighted by atomic mass is 16.5. The van der Waals surface area contributed by atoms with Gasteiger partial charge in [0.2, 0.25) is 0 Å². The molecule has 0 saturated carbocycles. The molecule has 1 N–H and O–H groups in total. The minimum atomic E-state index is -0.784. The average Bonchev–Trinajstić information content (AvgIpc) is 2.21. The van der Waals surface area contributed by atoms with Gasteiger partial charge in [0.25, 0.3) is 0 Å². The molecule has 1 saturated heterocycles. The highest BCUT2D eigenvalue weighted by Crippen LogP contribution is 2.06. The topological polar surface area (TPSA) is 53.0 Å². The predicted molar refractivity (Wildman–Crippen MR) is 57.0 cm³/mol. The normalized spacial score (nSPS) is 21.5. The zero-order valence-electron chi connectivity index (χ0n) is 9.48. The van der Waals surface area contributed by atoms with Gasteiger partial charge in [-0.3, -0.25) is 9.69 Å². The summed E-state index contributed by atoms with van der Waals surface area (Å²) in [5, 5.41) is 9.08. The molecule has 0 amide bonds. The van der Waals surface area contributed by atoms with Crippen LogP contribution in [0.1, 0.15) is 6.92 Å². The Morgan fingerprint density at radius 2 is 2.00 bits per heavy atom. The van der Waals surface area contributed by atoms with Crippen LogP contribution in [0.15, 0.2) is 0 Å². The van der Waals surface area contributed by atoms with Crippen LogP contribution < -0.4 is 0 Å². The molecule has 0 aromatic heterocycles. The van der Waals surface area contributed by atoms with Crippen molar-refractivity contribution in [1.29, 1.82) is 0 Å². The van der Waals surface area contributed by atoms with Crippen LogP contribution in [0.4, 0.5) is 0 Å². The standard InChI is InChI=1S/C10H20N2O3/c1-3-15-8-9(10(13)14)12-6-4-11(2)5-7-12/h9H,3-8H2,1-2H3,(H,13,14). The van der Waals surface area contributed by atoms with Crippen molar-refractivity contribution in [2.75, 3.05) is 46.4 Å². The summed E-state index contributed by atoms with van der Waals surface area (Å²) in [5.41, 5.74) is 0. The van der Waals surface area contributed by atoms with E-state index in [0.29, 0.717) is 6.61 Å². The van der Waals surface area contributed by atoms with Gasteiger partial charge in [0.15, 0.2) is 0 Å². The van der Waals surface area contributed by atoms with Crippen molar-refractivity contribution in [3.05, 3.63) is 0 Å². The first-order chi connectivity index (χ1) is 7.15. The summed E-state index contributed by atoms with van der Waals surface area (Å²) >= 11 is 0. The van der Waals surface area contributed by atoms with Gasteiger partial charge in [0.05, 0.1) is 6.61 Å². The Balaban J connectivity index is 2.44. The Bertz CT molecular complexity index is 203. The molecule has 0 bridgehead atoms. The van der Waals surface area contributed by atoms with Crippen molar-refractivity contribution in [2.24, 2.45) is 0 Å². The number of rotatable bonds is 5. The van der Waals surface area contributed by atoms with Gasteiger partial charge in [-0.05, 0) is 14.0 Å². The van der Waals surface area contributed by atoms with E-state index in [0.717, 1.165) is 26.2 Å². The molecule has 5 heteroatoms. The molecule has 15 heavy (non-hydrogen) atoms. The molecule has 88 valence electrons. The lowest BCUT2D eigenvalue weighted by molar-refractivity contribution is -0.146. The minimum Gasteiger partial charge on any atom is -0.480 e. The lowest BCUT2D eigenvalue weighted by Crippen LogP contribution is -2.53. The van der Waals surface area contributed by atoms with Crippen molar-refractivity contribution < 1.29 is 14.6 Å². The van der Waals surface area contributed by atoms with E-state index in [2.05, 4.69) is 11.9 Å². The minimum absolute atomic E-state index is 0.287. The van der Waals surface area contributed by atoms with Crippen molar-refractivity contribution in [1.82, 2.24) is 9.80 Å². The molecular weight excluding hydrogens is 196 g/mol. The highest BCUT2D eigenvalue weighted by molar-refractivity contribution is 5.73. The lowest BCUT2D eigenvalue weighted by Gasteiger charge is -2.35. The van der Waals surface area contributed by atoms with Crippen LogP contribution in [0.2, 0.25) is 0 Å². The average molecular weight is 216 g/mol. The number of aliphatic carboxylic acids is 1. The molecule has 1 unspecified atom stereocenters. The number of carboxylic acid groups (broad SMARTS) is 1. The number of piperazine rings is 1. The molecular formula is C10H20N2O3. The van der Waals surface area contributed by atoms with Crippen LogP contribution in [0.5, 0.6) is 0 Å². The molecule has 0 aromatic rings. The van der Waals surface area contributed by atoms with E-state index >= 15 is 0 Å². The molecule has 5 nitrogen and oxygen atoms in total. The van der Waals surface area contributed by atoms with Gasteiger partial charge < -0.3 is 14.7 Å². The van der Waals surface area contributed by atoms with E-state index in [-0.39, 0.29) is 6.61 Å². The number of nitrogens with zero attached hydrogens (tertiary/aromatic N) is 2. The van der Waals surface area contributed by atoms with E-state index in [1.54, 1.807) is 0 Å². The second-order valence-corrected chi connectivity index (χ2v) is 3.85. The fraction of sp³-hybridized carbons (Fsp3) is 0.900. The predicted octanol–water partition coefficient (Wildman–Crippen LogP) is -0.276. The molecule has 0 radical (unpaired) electrons. The number of carboxylic acids is 1. The monoisotopic (exact) mass is 216 g/mol. The summed E-state index contributed by atoms with van der Waals surface area (Å²) in [7, 11) is 2.05. The van der Waals surface area contributed by atoms with Gasteiger partial charge in [-0.1, -0.05) is 0 Å². The molecule has 0 aromatic carbocycles. The Morgan fingerprint density at radius 3 is 2.47 bits per heavy atom. The van der Waals surface area contributed by atoms with Gasteiger partial charge in [0.1, 0.15) is 6.04 Å². The number of hydrogen-bond acceptors (Lipinski definition) is 4. The van der Waals surface area contributed by atoms with Gasteiger partial charge >= 0.3 is 5.97 Å². The molecule has 1 heterocycles. The quantitative estimate of drug-likeness (QED) is 0.685. The van der Waals surface area contributed by atoms with Gasteiger partial charge in [-0.2, -0.15) is 0 Å². The Hall–Kier alpha value is -0.650. The first kappa shape index (κ1) is 12.4. The summed E-state index contributed by atoms with van der Waals surface area (Å²) in [6.45, 7) is 6.20. The summed E-state index contributed by atoms with van der Waals surface area (Å²) in [4.78, 5) is 15.2. The fourth-order valence-electron chi connectivity index (χ4n) is 1.70. The van der Waals surface area contributed by atoms with Crippen LogP contribution >= 0.6 is 0 Å². The third kappa shape index (κ3) is 3.77. The molecule has 0 aliphatic carbocycles. The highest BCUT2D eigenvalue weighted by Gasteiger charge is 2.27. The maximum atomic E-state index is 11.1. The van der Waals surface area contributed by atoms with Gasteiger partial charge in [-0.15, -0.1) is 0 Å². The van der Waals surface area contributed by atoms with Crippen molar-refractivity contribution in [3.63, 3.8) is 0 Å². The largest absolute Gasteiger partial charge is 0.480 e. The van der Waals surface area contributed by atoms with Gasteiger partial charge in [0, 0.05) is 32.8 Å². The Labute approximate surface area is 90.6 Å². The van der Waals surface area contributed by atoms with E-state index < -0.39 is 12.0 Å². The van der Waals surface area contributed by atoms with Crippen LogP contribution in [-0.4, -0.2) is 73.4 Å². The SMILES string of the molecule is CCOCC(C(=O)O)N1CCN(C)CC1. The first-order valence-corrected chi connectivity index (χ1v) is 5.38. The van der Waals surface area contributed by atoms with Crippen molar-refractivity contribution in [3.8, 4) is 0 Å². The molecule has 1 rings (SSSR count). The van der Waals surface area contributed by atoms with Crippen LogP contribution in [0.25, 0.3) is 0 Å². The third-order valence-electron chi connectivity index (χ3n) is 2.74. The summed E-state index contributed by atoms with van der Waals surface area (Å²) in [5.74, 6) is -0.784. The van der Waals surface area contributed by atoms with E-state index in [9.17, 15) is 4.79 Å². The number of ether oxygens (including phenoxy) is 1. The van der Waals surface area contributed by atoms with Crippen LogP contribution in [0, 0.1) is 0 Å². The van der Waals surface area contributed by atoms with E-state index in [4.69, 9.17) is 9.84 Å². The van der Waals surface area contributed by atoms with Crippen LogP contribution in [0.3, 0.4) is 0 Å². The summed E-state index contributed by atoms with van der Waals surface area (Å²) in [6, 6.07) is -0.487. The fourth-order valence-corrected chi connectivity index (χ4v) is 1.70. The summed E-state index contributed by atoms with van der Waals surface area (Å²) < 4.78 is 5.20.